The fraction of sp³-hybridized carbons (Fsp3) is 0.556. The van der Waals surface area contributed by atoms with Gasteiger partial charge in [0, 0.05) is 25.6 Å². The minimum atomic E-state index is -0.138. The number of hydrogen-bond donors (Lipinski definition) is 3. The number of amides is 1. The van der Waals surface area contributed by atoms with Gasteiger partial charge in [-0.05, 0) is 6.42 Å². The molecule has 2 heterocycles. The second-order valence-electron chi connectivity index (χ2n) is 3.79. The third-order valence-electron chi connectivity index (χ3n) is 2.71. The summed E-state index contributed by atoms with van der Waals surface area (Å²) in [5.41, 5.74) is 6.29. The van der Waals surface area contributed by atoms with Gasteiger partial charge in [-0.2, -0.15) is 5.10 Å². The topological polar surface area (TPSA) is 95.2 Å². The van der Waals surface area contributed by atoms with E-state index in [1.54, 1.807) is 4.90 Å². The number of likely N-dealkylation sites (tertiary alicyclic amines) is 1. The monoisotopic (exact) mass is 210 g/mol. The Bertz CT molecular complexity index is 363. The average Bonchev–Trinajstić information content (AvgIpc) is 2.84. The van der Waals surface area contributed by atoms with Crippen molar-refractivity contribution < 1.29 is 9.90 Å². The summed E-state index contributed by atoms with van der Waals surface area (Å²) < 4.78 is 0. The molecule has 1 saturated heterocycles. The van der Waals surface area contributed by atoms with E-state index in [1.165, 1.54) is 6.20 Å². The van der Waals surface area contributed by atoms with E-state index < -0.39 is 0 Å². The first-order valence-corrected chi connectivity index (χ1v) is 4.91. The van der Waals surface area contributed by atoms with Crippen molar-refractivity contribution in [3.8, 4) is 0 Å². The van der Waals surface area contributed by atoms with Crippen LogP contribution in [0.5, 0.6) is 0 Å². The van der Waals surface area contributed by atoms with Crippen molar-refractivity contribution in [1.82, 2.24) is 15.1 Å². The van der Waals surface area contributed by atoms with Crippen molar-refractivity contribution in [2.75, 3.05) is 25.4 Å². The zero-order chi connectivity index (χ0) is 10.8. The van der Waals surface area contributed by atoms with Crippen molar-refractivity contribution in [2.45, 2.75) is 6.42 Å². The molecule has 4 N–H and O–H groups in total. The van der Waals surface area contributed by atoms with E-state index in [0.717, 1.165) is 6.42 Å². The Balaban J connectivity index is 2.07. The Kier molecular flexibility index (Phi) is 2.59. The zero-order valence-electron chi connectivity index (χ0n) is 8.31. The number of carbonyl (C=O) groups is 1. The molecule has 15 heavy (non-hydrogen) atoms. The lowest BCUT2D eigenvalue weighted by atomic mass is 10.1. The summed E-state index contributed by atoms with van der Waals surface area (Å²) in [4.78, 5) is 13.6. The fourth-order valence-corrected chi connectivity index (χ4v) is 1.79. The quantitative estimate of drug-likeness (QED) is 0.610. The lowest BCUT2D eigenvalue weighted by Gasteiger charge is -2.15. The number of aliphatic hydroxyl groups is 1. The maximum Gasteiger partial charge on any atom is 0.274 e. The molecule has 1 atom stereocenters. The van der Waals surface area contributed by atoms with Crippen LogP contribution >= 0.6 is 0 Å². The van der Waals surface area contributed by atoms with Crippen molar-refractivity contribution in [1.29, 1.82) is 0 Å². The van der Waals surface area contributed by atoms with Crippen LogP contribution in [0.2, 0.25) is 0 Å². The lowest BCUT2D eigenvalue weighted by Crippen LogP contribution is -2.30. The Hall–Kier alpha value is -1.56. The number of nitrogens with zero attached hydrogens (tertiary/aromatic N) is 2. The highest BCUT2D eigenvalue weighted by Gasteiger charge is 2.28. The van der Waals surface area contributed by atoms with Gasteiger partial charge in [-0.1, -0.05) is 0 Å². The van der Waals surface area contributed by atoms with Gasteiger partial charge in [0.1, 0.15) is 5.69 Å². The standard InChI is InChI=1S/C9H14N4O2/c10-7-3-11-12-8(7)9(15)13-2-1-6(4-13)5-14/h3,6,14H,1-2,4-5,10H2,(H,11,12). The highest BCUT2D eigenvalue weighted by molar-refractivity contribution is 5.97. The molecule has 1 amide bonds. The first kappa shape index (κ1) is 9.97. The largest absolute Gasteiger partial charge is 0.396 e. The molecule has 6 nitrogen and oxygen atoms in total. The Labute approximate surface area is 87.1 Å². The SMILES string of the molecule is Nc1cn[nH]c1C(=O)N1CCC(CO)C1. The van der Waals surface area contributed by atoms with Gasteiger partial charge in [0.05, 0.1) is 11.9 Å². The smallest absolute Gasteiger partial charge is 0.274 e. The van der Waals surface area contributed by atoms with E-state index in [1.807, 2.05) is 0 Å². The molecular formula is C9H14N4O2. The predicted molar refractivity (Wildman–Crippen MR) is 54.1 cm³/mol. The summed E-state index contributed by atoms with van der Waals surface area (Å²) in [5.74, 6) is 0.0547. The number of aliphatic hydroxyl groups excluding tert-OH is 1. The van der Waals surface area contributed by atoms with Crippen molar-refractivity contribution in [3.63, 3.8) is 0 Å². The number of nitrogen functional groups attached to an aromatic ring is 1. The summed E-state index contributed by atoms with van der Waals surface area (Å²) in [6.45, 7) is 1.39. The van der Waals surface area contributed by atoms with Crippen LogP contribution in [0.15, 0.2) is 6.20 Å². The van der Waals surface area contributed by atoms with Crippen molar-refractivity contribution >= 4 is 11.6 Å². The van der Waals surface area contributed by atoms with Crippen molar-refractivity contribution in [2.24, 2.45) is 5.92 Å². The number of aromatic nitrogens is 2. The lowest BCUT2D eigenvalue weighted by molar-refractivity contribution is 0.0777. The van der Waals surface area contributed by atoms with E-state index in [0.29, 0.717) is 24.5 Å². The molecule has 1 unspecified atom stereocenters. The van der Waals surface area contributed by atoms with Crippen LogP contribution in [0.3, 0.4) is 0 Å². The van der Waals surface area contributed by atoms with Gasteiger partial charge in [0.2, 0.25) is 0 Å². The van der Waals surface area contributed by atoms with E-state index >= 15 is 0 Å². The number of aromatic amines is 1. The minimum absolute atomic E-state index is 0.127. The third-order valence-corrected chi connectivity index (χ3v) is 2.71. The predicted octanol–water partition coefficient (Wildman–Crippen LogP) is -0.554. The molecule has 0 bridgehead atoms. The van der Waals surface area contributed by atoms with Crippen LogP contribution in [-0.2, 0) is 0 Å². The number of carbonyl (C=O) groups excluding carboxylic acids is 1. The van der Waals surface area contributed by atoms with Crippen LogP contribution in [0.25, 0.3) is 0 Å². The average molecular weight is 210 g/mol. The summed E-state index contributed by atoms with van der Waals surface area (Å²) in [6.07, 6.45) is 2.27. The number of H-pyrrole nitrogens is 1. The maximum atomic E-state index is 11.9. The molecule has 1 aliphatic heterocycles. The molecule has 0 radical (unpaired) electrons. The van der Waals surface area contributed by atoms with Gasteiger partial charge in [-0.3, -0.25) is 9.89 Å². The van der Waals surface area contributed by atoms with Gasteiger partial charge in [0.15, 0.2) is 0 Å². The second kappa shape index (κ2) is 3.90. The van der Waals surface area contributed by atoms with Crippen LogP contribution in [0.1, 0.15) is 16.9 Å². The molecule has 0 aromatic carbocycles. The molecular weight excluding hydrogens is 196 g/mol. The molecule has 6 heteroatoms. The highest BCUT2D eigenvalue weighted by atomic mass is 16.3. The van der Waals surface area contributed by atoms with Crippen LogP contribution < -0.4 is 5.73 Å². The molecule has 1 fully saturated rings. The number of hydrogen-bond acceptors (Lipinski definition) is 4. The minimum Gasteiger partial charge on any atom is -0.396 e. The number of anilines is 1. The molecule has 0 saturated carbocycles. The van der Waals surface area contributed by atoms with Gasteiger partial charge >= 0.3 is 0 Å². The van der Waals surface area contributed by atoms with Crippen LogP contribution in [-0.4, -0.2) is 45.8 Å². The number of nitrogens with two attached hydrogens (primary N) is 1. The Morgan fingerprint density at radius 1 is 1.80 bits per heavy atom. The fourth-order valence-electron chi connectivity index (χ4n) is 1.79. The van der Waals surface area contributed by atoms with Crippen LogP contribution in [0.4, 0.5) is 5.69 Å². The molecule has 2 rings (SSSR count). The normalized spacial score (nSPS) is 20.9. The van der Waals surface area contributed by atoms with E-state index in [4.69, 9.17) is 10.8 Å². The maximum absolute atomic E-state index is 11.9. The zero-order valence-corrected chi connectivity index (χ0v) is 8.31. The summed E-state index contributed by atoms with van der Waals surface area (Å²) in [5, 5.41) is 15.3. The first-order chi connectivity index (χ1) is 7.22. The van der Waals surface area contributed by atoms with Gasteiger partial charge in [0.25, 0.3) is 5.91 Å². The Morgan fingerprint density at radius 2 is 2.60 bits per heavy atom. The van der Waals surface area contributed by atoms with Gasteiger partial charge in [-0.25, -0.2) is 0 Å². The second-order valence-corrected chi connectivity index (χ2v) is 3.79. The van der Waals surface area contributed by atoms with Crippen molar-refractivity contribution in [3.05, 3.63) is 11.9 Å². The van der Waals surface area contributed by atoms with Gasteiger partial charge in [-0.15, -0.1) is 0 Å². The Morgan fingerprint density at radius 3 is 3.13 bits per heavy atom. The summed E-state index contributed by atoms with van der Waals surface area (Å²) >= 11 is 0. The molecule has 1 aromatic rings. The highest BCUT2D eigenvalue weighted by Crippen LogP contribution is 2.19. The molecule has 1 aromatic heterocycles. The van der Waals surface area contributed by atoms with E-state index in [2.05, 4.69) is 10.2 Å². The third kappa shape index (κ3) is 1.80. The van der Waals surface area contributed by atoms with E-state index in [9.17, 15) is 4.79 Å². The first-order valence-electron chi connectivity index (χ1n) is 4.91. The molecule has 0 spiro atoms. The summed E-state index contributed by atoms with van der Waals surface area (Å²) in [7, 11) is 0. The number of nitrogens with one attached hydrogen (secondary N) is 1. The summed E-state index contributed by atoms with van der Waals surface area (Å²) in [6, 6.07) is 0. The van der Waals surface area contributed by atoms with Crippen LogP contribution in [0, 0.1) is 5.92 Å². The molecule has 0 aliphatic carbocycles. The van der Waals surface area contributed by atoms with E-state index in [-0.39, 0.29) is 18.4 Å². The molecule has 1 aliphatic rings. The van der Waals surface area contributed by atoms with Gasteiger partial charge < -0.3 is 15.7 Å². The molecule has 82 valence electrons. The number of rotatable bonds is 2.